The zero-order valence-corrected chi connectivity index (χ0v) is 13.1. The van der Waals surface area contributed by atoms with E-state index in [2.05, 4.69) is 27.7 Å². The van der Waals surface area contributed by atoms with Gasteiger partial charge in [0.05, 0.1) is 17.8 Å². The summed E-state index contributed by atoms with van der Waals surface area (Å²) >= 11 is 0. The summed E-state index contributed by atoms with van der Waals surface area (Å²) in [6.07, 6.45) is 8.45. The second kappa shape index (κ2) is 4.73. The fraction of sp³-hybridized carbons (Fsp3) is 1.00. The number of rotatable bonds is 3. The van der Waals surface area contributed by atoms with Crippen LogP contribution in [0.4, 0.5) is 0 Å². The van der Waals surface area contributed by atoms with Crippen molar-refractivity contribution >= 4 is 0 Å². The first-order valence-electron chi connectivity index (χ1n) is 8.22. The van der Waals surface area contributed by atoms with Crippen LogP contribution in [0.1, 0.15) is 66.2 Å². The van der Waals surface area contributed by atoms with E-state index < -0.39 is 0 Å². The summed E-state index contributed by atoms with van der Waals surface area (Å²) in [4.78, 5) is 0. The maximum Gasteiger partial charge on any atom is 0.0717 e. The number of hydrogen-bond donors (Lipinski definition) is 0. The topological polar surface area (TPSA) is 18.5 Å². The van der Waals surface area contributed by atoms with Crippen LogP contribution in [0.5, 0.6) is 0 Å². The highest BCUT2D eigenvalue weighted by Crippen LogP contribution is 2.57. The molecule has 0 N–H and O–H groups in total. The molecule has 1 aliphatic carbocycles. The Morgan fingerprint density at radius 2 is 1.74 bits per heavy atom. The summed E-state index contributed by atoms with van der Waals surface area (Å²) in [5, 5.41) is 0. The van der Waals surface area contributed by atoms with Crippen LogP contribution in [0.25, 0.3) is 0 Å². The molecule has 0 bridgehead atoms. The van der Waals surface area contributed by atoms with Crippen molar-refractivity contribution in [3.8, 4) is 0 Å². The van der Waals surface area contributed by atoms with Crippen LogP contribution >= 0.6 is 0 Å². The van der Waals surface area contributed by atoms with Gasteiger partial charge >= 0.3 is 0 Å². The molecular formula is C17H30O2. The molecule has 3 rings (SSSR count). The van der Waals surface area contributed by atoms with Crippen molar-refractivity contribution in [2.24, 2.45) is 17.3 Å². The molecule has 2 heteroatoms. The van der Waals surface area contributed by atoms with Gasteiger partial charge in [0.15, 0.2) is 0 Å². The summed E-state index contributed by atoms with van der Waals surface area (Å²) in [5.41, 5.74) is 0.458. The van der Waals surface area contributed by atoms with E-state index in [-0.39, 0.29) is 11.0 Å². The average Bonchev–Trinajstić information content (AvgIpc) is 2.25. The van der Waals surface area contributed by atoms with Gasteiger partial charge in [-0.1, -0.05) is 27.7 Å². The summed E-state index contributed by atoms with van der Waals surface area (Å²) < 4.78 is 12.4. The Kier molecular flexibility index (Phi) is 3.46. The van der Waals surface area contributed by atoms with Gasteiger partial charge < -0.3 is 9.47 Å². The lowest BCUT2D eigenvalue weighted by atomic mass is 9.58. The van der Waals surface area contributed by atoms with Crippen molar-refractivity contribution < 1.29 is 9.47 Å². The zero-order valence-electron chi connectivity index (χ0n) is 13.1. The molecule has 0 aromatic carbocycles. The van der Waals surface area contributed by atoms with Crippen LogP contribution in [0.2, 0.25) is 0 Å². The largest absolute Gasteiger partial charge is 0.378 e. The van der Waals surface area contributed by atoms with Crippen LogP contribution in [-0.2, 0) is 9.47 Å². The van der Waals surface area contributed by atoms with E-state index in [1.54, 1.807) is 0 Å². The lowest BCUT2D eigenvalue weighted by Gasteiger charge is -2.62. The molecule has 2 aliphatic heterocycles. The first-order chi connectivity index (χ1) is 8.93. The van der Waals surface area contributed by atoms with Gasteiger partial charge in [0, 0.05) is 18.4 Å². The minimum absolute atomic E-state index is 0.189. The average molecular weight is 266 g/mol. The molecule has 2 heterocycles. The first kappa shape index (κ1) is 13.9. The first-order valence-corrected chi connectivity index (χ1v) is 8.22. The molecule has 0 radical (unpaired) electrons. The van der Waals surface area contributed by atoms with Crippen molar-refractivity contribution in [1.29, 1.82) is 0 Å². The monoisotopic (exact) mass is 266 g/mol. The SMILES string of the molecule is CC(C)C1CC2(C1)CC(C(C)(C)C1CCCCO1)O2. The van der Waals surface area contributed by atoms with E-state index in [1.807, 2.05) is 0 Å². The number of hydrogen-bond acceptors (Lipinski definition) is 2. The second-order valence-corrected chi connectivity index (χ2v) is 8.08. The molecule has 0 aromatic heterocycles. The predicted molar refractivity (Wildman–Crippen MR) is 77.2 cm³/mol. The van der Waals surface area contributed by atoms with Gasteiger partial charge in [0.1, 0.15) is 0 Å². The minimum Gasteiger partial charge on any atom is -0.378 e. The van der Waals surface area contributed by atoms with E-state index in [0.717, 1.165) is 18.4 Å². The summed E-state index contributed by atoms with van der Waals surface area (Å²) in [6.45, 7) is 10.3. The Balaban J connectivity index is 1.52. The smallest absolute Gasteiger partial charge is 0.0717 e. The van der Waals surface area contributed by atoms with Crippen molar-refractivity contribution in [2.45, 2.75) is 84.0 Å². The van der Waals surface area contributed by atoms with Crippen LogP contribution in [0.15, 0.2) is 0 Å². The quantitative estimate of drug-likeness (QED) is 0.763. The third kappa shape index (κ3) is 2.35. The molecule has 2 unspecified atom stereocenters. The molecule has 19 heavy (non-hydrogen) atoms. The Hall–Kier alpha value is -0.0800. The maximum absolute atomic E-state index is 6.38. The van der Waals surface area contributed by atoms with E-state index in [0.29, 0.717) is 12.2 Å². The summed E-state index contributed by atoms with van der Waals surface area (Å²) in [7, 11) is 0. The highest BCUT2D eigenvalue weighted by molar-refractivity contribution is 5.08. The fourth-order valence-electron chi connectivity index (χ4n) is 4.21. The van der Waals surface area contributed by atoms with Gasteiger partial charge in [-0.3, -0.25) is 0 Å². The molecule has 2 atom stereocenters. The third-order valence-electron chi connectivity index (χ3n) is 6.00. The third-order valence-corrected chi connectivity index (χ3v) is 6.00. The maximum atomic E-state index is 6.38. The molecule has 2 nitrogen and oxygen atoms in total. The normalized spacial score (nSPS) is 43.1. The van der Waals surface area contributed by atoms with Crippen molar-refractivity contribution in [1.82, 2.24) is 0 Å². The Labute approximate surface area is 118 Å². The standard InChI is InChI=1S/C17H30O2/c1-12(2)13-9-17(10-13)11-15(19-17)16(3,4)14-7-5-6-8-18-14/h12-15H,5-11H2,1-4H3. The molecular weight excluding hydrogens is 236 g/mol. The van der Waals surface area contributed by atoms with E-state index in [9.17, 15) is 0 Å². The van der Waals surface area contributed by atoms with Gasteiger partial charge in [0.25, 0.3) is 0 Å². The lowest BCUT2D eigenvalue weighted by molar-refractivity contribution is -0.306. The summed E-state index contributed by atoms with van der Waals surface area (Å²) in [5.74, 6) is 1.72. The molecule has 3 fully saturated rings. The highest BCUT2D eigenvalue weighted by Gasteiger charge is 2.59. The van der Waals surface area contributed by atoms with Crippen LogP contribution in [0, 0.1) is 17.3 Å². The highest BCUT2D eigenvalue weighted by atomic mass is 16.5. The van der Waals surface area contributed by atoms with Gasteiger partial charge in [-0.2, -0.15) is 0 Å². The second-order valence-electron chi connectivity index (χ2n) is 8.08. The molecule has 1 saturated carbocycles. The van der Waals surface area contributed by atoms with E-state index in [1.165, 1.54) is 38.5 Å². The Morgan fingerprint density at radius 1 is 1.05 bits per heavy atom. The van der Waals surface area contributed by atoms with Gasteiger partial charge in [-0.25, -0.2) is 0 Å². The van der Waals surface area contributed by atoms with Gasteiger partial charge in [0.2, 0.25) is 0 Å². The van der Waals surface area contributed by atoms with E-state index >= 15 is 0 Å². The van der Waals surface area contributed by atoms with E-state index in [4.69, 9.17) is 9.47 Å². The summed E-state index contributed by atoms with van der Waals surface area (Å²) in [6, 6.07) is 0. The predicted octanol–water partition coefficient (Wildman–Crippen LogP) is 4.18. The number of ether oxygens (including phenoxy) is 2. The molecule has 1 spiro atoms. The van der Waals surface area contributed by atoms with Gasteiger partial charge in [-0.15, -0.1) is 0 Å². The Bertz CT molecular complexity index is 314. The molecule has 0 aromatic rings. The van der Waals surface area contributed by atoms with Crippen LogP contribution in [-0.4, -0.2) is 24.4 Å². The fourth-order valence-corrected chi connectivity index (χ4v) is 4.21. The molecule has 2 saturated heterocycles. The van der Waals surface area contributed by atoms with Gasteiger partial charge in [-0.05, 0) is 43.9 Å². The van der Waals surface area contributed by atoms with Crippen LogP contribution < -0.4 is 0 Å². The van der Waals surface area contributed by atoms with Crippen molar-refractivity contribution in [3.05, 3.63) is 0 Å². The molecule has 0 amide bonds. The van der Waals surface area contributed by atoms with Crippen molar-refractivity contribution in [2.75, 3.05) is 6.61 Å². The molecule has 3 aliphatic rings. The van der Waals surface area contributed by atoms with Crippen molar-refractivity contribution in [3.63, 3.8) is 0 Å². The van der Waals surface area contributed by atoms with Crippen LogP contribution in [0.3, 0.4) is 0 Å². The zero-order chi connectivity index (χ0) is 13.7. The minimum atomic E-state index is 0.189. The Morgan fingerprint density at radius 3 is 2.26 bits per heavy atom. The lowest BCUT2D eigenvalue weighted by Crippen LogP contribution is -2.64. The molecule has 110 valence electrons.